The van der Waals surface area contributed by atoms with Gasteiger partial charge < -0.3 is 10.2 Å². The minimum Gasteiger partial charge on any atom is -0.339 e. The van der Waals surface area contributed by atoms with Gasteiger partial charge in [-0.15, -0.1) is 5.10 Å². The molecule has 1 aliphatic heterocycles. The third kappa shape index (κ3) is 2.56. The lowest BCUT2D eigenvalue weighted by atomic mass is 9.98. The SMILES string of the molecule is CNCC1CCCN(c2nc3ccc(C)cn3n2)C1. The molecule has 0 saturated carbocycles. The summed E-state index contributed by atoms with van der Waals surface area (Å²) in [5.41, 5.74) is 2.13. The van der Waals surface area contributed by atoms with Crippen molar-refractivity contribution < 1.29 is 0 Å². The quantitative estimate of drug-likeness (QED) is 0.907. The van der Waals surface area contributed by atoms with Gasteiger partial charge in [-0.2, -0.15) is 4.98 Å². The minimum atomic E-state index is 0.701. The smallest absolute Gasteiger partial charge is 0.245 e. The first-order chi connectivity index (χ1) is 9.26. The second kappa shape index (κ2) is 5.17. The summed E-state index contributed by atoms with van der Waals surface area (Å²) in [6, 6.07) is 4.11. The number of hydrogen-bond donors (Lipinski definition) is 1. The Labute approximate surface area is 113 Å². The largest absolute Gasteiger partial charge is 0.339 e. The van der Waals surface area contributed by atoms with E-state index in [1.807, 2.05) is 23.8 Å². The van der Waals surface area contributed by atoms with Gasteiger partial charge in [0, 0.05) is 19.3 Å². The number of hydrogen-bond acceptors (Lipinski definition) is 4. The molecule has 0 bridgehead atoms. The molecule has 1 unspecified atom stereocenters. The van der Waals surface area contributed by atoms with Gasteiger partial charge in [-0.1, -0.05) is 6.07 Å². The fraction of sp³-hybridized carbons (Fsp3) is 0.571. The number of aryl methyl sites for hydroxylation is 1. The van der Waals surface area contributed by atoms with Crippen molar-refractivity contribution in [2.45, 2.75) is 19.8 Å². The molecule has 0 radical (unpaired) electrons. The number of fused-ring (bicyclic) bond motifs is 1. The van der Waals surface area contributed by atoms with Crippen molar-refractivity contribution in [2.24, 2.45) is 5.92 Å². The van der Waals surface area contributed by atoms with Crippen LogP contribution < -0.4 is 10.2 Å². The zero-order valence-corrected chi connectivity index (χ0v) is 11.6. The maximum atomic E-state index is 4.63. The molecule has 0 aliphatic carbocycles. The van der Waals surface area contributed by atoms with Gasteiger partial charge in [0.1, 0.15) is 0 Å². The van der Waals surface area contributed by atoms with Crippen LogP contribution in [0, 0.1) is 12.8 Å². The standard InChI is InChI=1S/C14H21N5/c1-11-5-6-13-16-14(17-19(13)9-11)18-7-3-4-12(10-18)8-15-2/h5-6,9,12,15H,3-4,7-8,10H2,1-2H3. The van der Waals surface area contributed by atoms with Gasteiger partial charge in [0.15, 0.2) is 5.65 Å². The van der Waals surface area contributed by atoms with Crippen LogP contribution in [0.4, 0.5) is 5.95 Å². The van der Waals surface area contributed by atoms with E-state index in [4.69, 9.17) is 0 Å². The van der Waals surface area contributed by atoms with Crippen molar-refractivity contribution in [1.82, 2.24) is 19.9 Å². The van der Waals surface area contributed by atoms with Crippen LogP contribution in [-0.2, 0) is 0 Å². The average molecular weight is 259 g/mol. The van der Waals surface area contributed by atoms with Crippen molar-refractivity contribution in [3.05, 3.63) is 23.9 Å². The summed E-state index contributed by atoms with van der Waals surface area (Å²) < 4.78 is 1.88. The average Bonchev–Trinajstić information content (AvgIpc) is 2.82. The minimum absolute atomic E-state index is 0.701. The Bertz CT molecular complexity index is 560. The van der Waals surface area contributed by atoms with E-state index < -0.39 is 0 Å². The lowest BCUT2D eigenvalue weighted by Crippen LogP contribution is -2.39. The van der Waals surface area contributed by atoms with Crippen LogP contribution in [0.25, 0.3) is 5.65 Å². The summed E-state index contributed by atoms with van der Waals surface area (Å²) >= 11 is 0. The molecule has 0 aromatic carbocycles. The summed E-state index contributed by atoms with van der Waals surface area (Å²) in [6.07, 6.45) is 4.55. The molecule has 0 amide bonds. The summed E-state index contributed by atoms with van der Waals surface area (Å²) in [7, 11) is 2.02. The number of rotatable bonds is 3. The summed E-state index contributed by atoms with van der Waals surface area (Å²) in [5, 5.41) is 7.87. The fourth-order valence-electron chi connectivity index (χ4n) is 2.81. The first-order valence-electron chi connectivity index (χ1n) is 6.99. The molecule has 1 atom stereocenters. The predicted molar refractivity (Wildman–Crippen MR) is 76.6 cm³/mol. The van der Waals surface area contributed by atoms with Crippen LogP contribution >= 0.6 is 0 Å². The van der Waals surface area contributed by atoms with E-state index in [9.17, 15) is 0 Å². The summed E-state index contributed by atoms with van der Waals surface area (Å²) in [5.74, 6) is 1.57. The van der Waals surface area contributed by atoms with Gasteiger partial charge in [-0.05, 0) is 50.9 Å². The molecule has 102 valence electrons. The third-order valence-corrected chi connectivity index (χ3v) is 3.76. The highest BCUT2D eigenvalue weighted by Crippen LogP contribution is 2.20. The zero-order valence-electron chi connectivity index (χ0n) is 11.6. The Kier molecular flexibility index (Phi) is 3.38. The van der Waals surface area contributed by atoms with Gasteiger partial charge in [0.2, 0.25) is 5.95 Å². The van der Waals surface area contributed by atoms with E-state index in [-0.39, 0.29) is 0 Å². The highest BCUT2D eigenvalue weighted by molar-refractivity contribution is 5.45. The topological polar surface area (TPSA) is 45.5 Å². The Morgan fingerprint density at radius 2 is 2.32 bits per heavy atom. The van der Waals surface area contributed by atoms with Crippen LogP contribution in [0.15, 0.2) is 18.3 Å². The Hall–Kier alpha value is -1.62. The number of piperidine rings is 1. The molecular weight excluding hydrogens is 238 g/mol. The van der Waals surface area contributed by atoms with Gasteiger partial charge in [-0.25, -0.2) is 4.52 Å². The Morgan fingerprint density at radius 3 is 3.16 bits per heavy atom. The monoisotopic (exact) mass is 259 g/mol. The Morgan fingerprint density at radius 1 is 1.42 bits per heavy atom. The molecule has 2 aromatic rings. The molecular formula is C14H21N5. The second-order valence-electron chi connectivity index (χ2n) is 5.43. The third-order valence-electron chi connectivity index (χ3n) is 3.76. The predicted octanol–water partition coefficient (Wildman–Crippen LogP) is 1.47. The highest BCUT2D eigenvalue weighted by Gasteiger charge is 2.22. The number of aromatic nitrogens is 3. The lowest BCUT2D eigenvalue weighted by Gasteiger charge is -2.31. The molecule has 1 aliphatic rings. The van der Waals surface area contributed by atoms with Crippen LogP contribution in [0.5, 0.6) is 0 Å². The van der Waals surface area contributed by atoms with Crippen molar-refractivity contribution in [3.63, 3.8) is 0 Å². The van der Waals surface area contributed by atoms with Crippen molar-refractivity contribution >= 4 is 11.6 Å². The molecule has 1 fully saturated rings. The van der Waals surface area contributed by atoms with Gasteiger partial charge in [-0.3, -0.25) is 0 Å². The number of nitrogens with one attached hydrogen (secondary N) is 1. The van der Waals surface area contributed by atoms with Crippen LogP contribution in [0.3, 0.4) is 0 Å². The molecule has 1 N–H and O–H groups in total. The van der Waals surface area contributed by atoms with Crippen molar-refractivity contribution in [2.75, 3.05) is 31.6 Å². The number of pyridine rings is 1. The second-order valence-corrected chi connectivity index (χ2v) is 5.43. The first kappa shape index (κ1) is 12.4. The van der Waals surface area contributed by atoms with Gasteiger partial charge in [0.25, 0.3) is 0 Å². The molecule has 1 saturated heterocycles. The van der Waals surface area contributed by atoms with Gasteiger partial charge >= 0.3 is 0 Å². The molecule has 3 rings (SSSR count). The first-order valence-corrected chi connectivity index (χ1v) is 6.99. The highest BCUT2D eigenvalue weighted by atomic mass is 15.4. The van der Waals surface area contributed by atoms with E-state index in [1.54, 1.807) is 0 Å². The fourth-order valence-corrected chi connectivity index (χ4v) is 2.81. The maximum Gasteiger partial charge on any atom is 0.245 e. The van der Waals surface area contributed by atoms with E-state index in [0.717, 1.165) is 31.2 Å². The van der Waals surface area contributed by atoms with Crippen LogP contribution in [-0.4, -0.2) is 41.3 Å². The van der Waals surface area contributed by atoms with E-state index in [1.165, 1.54) is 18.4 Å². The molecule has 19 heavy (non-hydrogen) atoms. The normalized spacial score (nSPS) is 20.1. The maximum absolute atomic E-state index is 4.63. The molecule has 5 heteroatoms. The zero-order chi connectivity index (χ0) is 13.2. The molecule has 0 spiro atoms. The van der Waals surface area contributed by atoms with Gasteiger partial charge in [0.05, 0.1) is 0 Å². The number of anilines is 1. The van der Waals surface area contributed by atoms with E-state index >= 15 is 0 Å². The lowest BCUT2D eigenvalue weighted by molar-refractivity contribution is 0.399. The summed E-state index contributed by atoms with van der Waals surface area (Å²) in [6.45, 7) is 5.26. The molecule has 5 nitrogen and oxygen atoms in total. The van der Waals surface area contributed by atoms with Crippen molar-refractivity contribution in [3.8, 4) is 0 Å². The molecule has 2 aromatic heterocycles. The van der Waals surface area contributed by atoms with Crippen LogP contribution in [0.2, 0.25) is 0 Å². The van der Waals surface area contributed by atoms with E-state index in [2.05, 4.69) is 33.3 Å². The van der Waals surface area contributed by atoms with E-state index in [0.29, 0.717) is 5.92 Å². The number of nitrogens with zero attached hydrogens (tertiary/aromatic N) is 4. The Balaban J connectivity index is 1.83. The summed E-state index contributed by atoms with van der Waals surface area (Å²) in [4.78, 5) is 6.94. The van der Waals surface area contributed by atoms with Crippen molar-refractivity contribution in [1.29, 1.82) is 0 Å². The van der Waals surface area contributed by atoms with Crippen LogP contribution in [0.1, 0.15) is 18.4 Å². The molecule has 3 heterocycles.